The molecule has 4 aromatic carbocycles. The van der Waals surface area contributed by atoms with E-state index in [9.17, 15) is 4.79 Å². The lowest BCUT2D eigenvalue weighted by Gasteiger charge is -2.12. The highest BCUT2D eigenvalue weighted by atomic mass is 16.1. The standard InChI is InChI=1S/C29H20N6O/c1-2-27(36)32-21-12-13-25-24(15-21)29(31-18-30-25)33-26-14-20-17-35(16-19-8-4-3-5-9-19)34-28(20)23-11-7-6-10-22(23)26/h1,3-15,17-18H,16H2,(H,32,36)(H,30,31,33). The van der Waals surface area contributed by atoms with Crippen molar-refractivity contribution in [1.29, 1.82) is 0 Å². The van der Waals surface area contributed by atoms with Crippen LogP contribution in [0.3, 0.4) is 0 Å². The summed E-state index contributed by atoms with van der Waals surface area (Å²) in [4.78, 5) is 20.5. The van der Waals surface area contributed by atoms with Gasteiger partial charge in [0.05, 0.1) is 12.1 Å². The lowest BCUT2D eigenvalue weighted by atomic mass is 10.1. The van der Waals surface area contributed by atoms with Gasteiger partial charge >= 0.3 is 0 Å². The van der Waals surface area contributed by atoms with Gasteiger partial charge in [0, 0.05) is 39.1 Å². The highest BCUT2D eigenvalue weighted by molar-refractivity contribution is 6.12. The van der Waals surface area contributed by atoms with Gasteiger partial charge in [-0.05, 0) is 35.7 Å². The monoisotopic (exact) mass is 468 g/mol. The third kappa shape index (κ3) is 3.97. The first kappa shape index (κ1) is 21.3. The summed E-state index contributed by atoms with van der Waals surface area (Å²) in [7, 11) is 0. The van der Waals surface area contributed by atoms with Crippen LogP contribution in [-0.4, -0.2) is 25.7 Å². The average Bonchev–Trinajstić information content (AvgIpc) is 3.32. The molecule has 0 saturated heterocycles. The van der Waals surface area contributed by atoms with E-state index >= 15 is 0 Å². The second-order valence-corrected chi connectivity index (χ2v) is 8.40. The van der Waals surface area contributed by atoms with Crippen LogP contribution in [0.1, 0.15) is 5.56 Å². The molecule has 6 rings (SSSR count). The molecule has 7 heteroatoms. The van der Waals surface area contributed by atoms with Crippen LogP contribution < -0.4 is 10.6 Å². The zero-order valence-electron chi connectivity index (χ0n) is 19.1. The zero-order chi connectivity index (χ0) is 24.5. The summed E-state index contributed by atoms with van der Waals surface area (Å²) >= 11 is 0. The van der Waals surface area contributed by atoms with E-state index in [2.05, 4.69) is 63.1 Å². The number of rotatable bonds is 5. The minimum Gasteiger partial charge on any atom is -0.339 e. The number of nitrogens with zero attached hydrogens (tertiary/aromatic N) is 4. The highest BCUT2D eigenvalue weighted by Crippen LogP contribution is 2.34. The molecular formula is C29H20N6O. The lowest BCUT2D eigenvalue weighted by Crippen LogP contribution is -2.08. The molecule has 0 fully saturated rings. The van der Waals surface area contributed by atoms with Crippen molar-refractivity contribution in [3.8, 4) is 12.3 Å². The Labute approximate surface area is 206 Å². The van der Waals surface area contributed by atoms with E-state index < -0.39 is 5.91 Å². The molecule has 7 nitrogen and oxygen atoms in total. The van der Waals surface area contributed by atoms with Crippen LogP contribution in [0, 0.1) is 12.3 Å². The van der Waals surface area contributed by atoms with Gasteiger partial charge in [0.25, 0.3) is 5.91 Å². The van der Waals surface area contributed by atoms with Gasteiger partial charge in [0.15, 0.2) is 0 Å². The van der Waals surface area contributed by atoms with Gasteiger partial charge in [0.1, 0.15) is 17.7 Å². The van der Waals surface area contributed by atoms with Crippen molar-refractivity contribution in [2.24, 2.45) is 0 Å². The second kappa shape index (κ2) is 8.85. The highest BCUT2D eigenvalue weighted by Gasteiger charge is 2.13. The normalized spacial score (nSPS) is 11.0. The number of fused-ring (bicyclic) bond motifs is 4. The molecule has 0 bridgehead atoms. The number of hydrogen-bond donors (Lipinski definition) is 2. The molecule has 1 amide bonds. The molecule has 0 saturated carbocycles. The van der Waals surface area contributed by atoms with Gasteiger partial charge in [-0.15, -0.1) is 6.42 Å². The predicted molar refractivity (Wildman–Crippen MR) is 143 cm³/mol. The predicted octanol–water partition coefficient (Wildman–Crippen LogP) is 5.50. The molecule has 0 aliphatic carbocycles. The van der Waals surface area contributed by atoms with Crippen molar-refractivity contribution in [3.63, 3.8) is 0 Å². The Bertz CT molecular complexity index is 1800. The lowest BCUT2D eigenvalue weighted by molar-refractivity contribution is -0.111. The Hall–Kier alpha value is -5.22. The summed E-state index contributed by atoms with van der Waals surface area (Å²) in [5.41, 5.74) is 4.35. The van der Waals surface area contributed by atoms with Gasteiger partial charge in [-0.25, -0.2) is 9.97 Å². The van der Waals surface area contributed by atoms with Crippen LogP contribution in [0.15, 0.2) is 91.4 Å². The first-order valence-electron chi connectivity index (χ1n) is 11.4. The molecular weight excluding hydrogens is 448 g/mol. The SMILES string of the molecule is C#CC(=O)Nc1ccc2ncnc(Nc3cc4cn(Cc5ccccc5)nc4c4ccccc34)c2c1. The van der Waals surface area contributed by atoms with Crippen molar-refractivity contribution in [2.75, 3.05) is 10.6 Å². The smallest absolute Gasteiger partial charge is 0.300 e. The number of nitrogens with one attached hydrogen (secondary N) is 2. The Kier molecular flexibility index (Phi) is 5.24. The van der Waals surface area contributed by atoms with Crippen LogP contribution in [0.2, 0.25) is 0 Å². The Morgan fingerprint density at radius 2 is 1.72 bits per heavy atom. The van der Waals surface area contributed by atoms with E-state index in [0.717, 1.165) is 38.3 Å². The van der Waals surface area contributed by atoms with Crippen LogP contribution in [0.5, 0.6) is 0 Å². The number of hydrogen-bond acceptors (Lipinski definition) is 5. The molecule has 2 N–H and O–H groups in total. The maximum Gasteiger partial charge on any atom is 0.300 e. The van der Waals surface area contributed by atoms with Crippen molar-refractivity contribution >= 4 is 55.7 Å². The molecule has 0 radical (unpaired) electrons. The van der Waals surface area contributed by atoms with Crippen LogP contribution in [0.25, 0.3) is 32.6 Å². The quantitative estimate of drug-likeness (QED) is 0.327. The largest absolute Gasteiger partial charge is 0.339 e. The van der Waals surface area contributed by atoms with Crippen molar-refractivity contribution in [1.82, 2.24) is 19.7 Å². The second-order valence-electron chi connectivity index (χ2n) is 8.40. The molecule has 0 unspecified atom stereocenters. The summed E-state index contributed by atoms with van der Waals surface area (Å²) in [6, 6.07) is 25.9. The average molecular weight is 469 g/mol. The topological polar surface area (TPSA) is 84.7 Å². The van der Waals surface area contributed by atoms with Crippen molar-refractivity contribution in [3.05, 3.63) is 97.0 Å². The number of aromatic nitrogens is 4. The zero-order valence-corrected chi connectivity index (χ0v) is 19.1. The summed E-state index contributed by atoms with van der Waals surface area (Å²) in [5, 5.41) is 14.9. The summed E-state index contributed by atoms with van der Waals surface area (Å²) < 4.78 is 1.97. The summed E-state index contributed by atoms with van der Waals surface area (Å²) in [6.45, 7) is 0.690. The van der Waals surface area contributed by atoms with Gasteiger partial charge in [-0.1, -0.05) is 54.6 Å². The summed E-state index contributed by atoms with van der Waals surface area (Å²) in [5.74, 6) is 2.18. The van der Waals surface area contributed by atoms with Crippen molar-refractivity contribution in [2.45, 2.75) is 6.54 Å². The van der Waals surface area contributed by atoms with Crippen LogP contribution in [-0.2, 0) is 11.3 Å². The van der Waals surface area contributed by atoms with E-state index in [-0.39, 0.29) is 0 Å². The first-order valence-corrected chi connectivity index (χ1v) is 11.4. The van der Waals surface area contributed by atoms with E-state index in [1.54, 1.807) is 6.07 Å². The van der Waals surface area contributed by atoms with Gasteiger partial charge in [0.2, 0.25) is 0 Å². The Morgan fingerprint density at radius 3 is 2.56 bits per heavy atom. The molecule has 0 spiro atoms. The fourth-order valence-electron chi connectivity index (χ4n) is 4.39. The number of carbonyl (C=O) groups excluding carboxylic acids is 1. The van der Waals surface area contributed by atoms with Crippen LogP contribution in [0.4, 0.5) is 17.2 Å². The van der Waals surface area contributed by atoms with Gasteiger partial charge < -0.3 is 10.6 Å². The molecule has 172 valence electrons. The number of carbonyl (C=O) groups is 1. The number of benzene rings is 4. The molecule has 2 aromatic heterocycles. The fraction of sp³-hybridized carbons (Fsp3) is 0.0345. The third-order valence-electron chi connectivity index (χ3n) is 6.03. The van der Waals surface area contributed by atoms with E-state index in [1.165, 1.54) is 11.9 Å². The van der Waals surface area contributed by atoms with Gasteiger partial charge in [-0.3, -0.25) is 9.48 Å². The van der Waals surface area contributed by atoms with Crippen LogP contribution >= 0.6 is 0 Å². The minimum atomic E-state index is -0.510. The number of anilines is 3. The molecule has 6 aromatic rings. The molecule has 0 aliphatic rings. The molecule has 0 atom stereocenters. The minimum absolute atomic E-state index is 0.510. The number of amides is 1. The molecule has 36 heavy (non-hydrogen) atoms. The Balaban J connectivity index is 1.44. The molecule has 2 heterocycles. The van der Waals surface area contributed by atoms with E-state index in [1.807, 2.05) is 47.1 Å². The fourth-order valence-corrected chi connectivity index (χ4v) is 4.39. The van der Waals surface area contributed by atoms with Crippen molar-refractivity contribution < 1.29 is 4.79 Å². The van der Waals surface area contributed by atoms with E-state index in [0.29, 0.717) is 18.1 Å². The maximum absolute atomic E-state index is 11.7. The third-order valence-corrected chi connectivity index (χ3v) is 6.03. The summed E-state index contributed by atoms with van der Waals surface area (Å²) in [6.07, 6.45) is 8.78. The van der Waals surface area contributed by atoms with Gasteiger partial charge in [-0.2, -0.15) is 5.10 Å². The number of terminal acetylenes is 1. The van der Waals surface area contributed by atoms with E-state index in [4.69, 9.17) is 11.5 Å². The molecule has 0 aliphatic heterocycles. The maximum atomic E-state index is 11.7. The Morgan fingerprint density at radius 1 is 0.917 bits per heavy atom. The first-order chi connectivity index (χ1) is 17.7.